The number of hydrogen-bond donors (Lipinski definition) is 0. The first-order valence-corrected chi connectivity index (χ1v) is 5.77. The zero-order valence-electron chi connectivity index (χ0n) is 9.52. The molecule has 2 rings (SSSR count). The maximum Gasteiger partial charge on any atom is 0.0200 e. The Morgan fingerprint density at radius 1 is 1.07 bits per heavy atom. The molecule has 0 aromatic heterocycles. The molecule has 0 amide bonds. The summed E-state index contributed by atoms with van der Waals surface area (Å²) in [6.45, 7) is 5.98. The third-order valence-electron chi connectivity index (χ3n) is 3.09. The van der Waals surface area contributed by atoms with Gasteiger partial charge in [-0.1, -0.05) is 36.0 Å². The van der Waals surface area contributed by atoms with Gasteiger partial charge in [0.1, 0.15) is 0 Å². The van der Waals surface area contributed by atoms with Crippen molar-refractivity contribution in [2.75, 3.05) is 39.8 Å². The van der Waals surface area contributed by atoms with E-state index in [0.29, 0.717) is 0 Å². The van der Waals surface area contributed by atoms with Crippen molar-refractivity contribution in [1.82, 2.24) is 9.80 Å². The first kappa shape index (κ1) is 10.7. The Morgan fingerprint density at radius 2 is 1.87 bits per heavy atom. The summed E-state index contributed by atoms with van der Waals surface area (Å²) < 4.78 is 0. The average Bonchev–Trinajstić information content (AvgIpc) is 2.50. The molecule has 1 aliphatic carbocycles. The first-order chi connectivity index (χ1) is 7.34. The Balaban J connectivity index is 1.84. The summed E-state index contributed by atoms with van der Waals surface area (Å²) in [4.78, 5) is 4.95. The normalized spacial score (nSPS) is 23.9. The minimum atomic E-state index is 1.11. The van der Waals surface area contributed by atoms with Gasteiger partial charge in [-0.15, -0.1) is 0 Å². The predicted molar refractivity (Wildman–Crippen MR) is 64.9 cm³/mol. The van der Waals surface area contributed by atoms with E-state index in [4.69, 9.17) is 0 Å². The van der Waals surface area contributed by atoms with Crippen LogP contribution >= 0.6 is 0 Å². The van der Waals surface area contributed by atoms with Gasteiger partial charge in [0.05, 0.1) is 0 Å². The van der Waals surface area contributed by atoms with Crippen LogP contribution in [0.5, 0.6) is 0 Å². The van der Waals surface area contributed by atoms with Crippen molar-refractivity contribution in [3.05, 3.63) is 36.0 Å². The number of likely N-dealkylation sites (N-methyl/N-ethyl adjacent to an activating group) is 1. The van der Waals surface area contributed by atoms with Crippen molar-refractivity contribution < 1.29 is 0 Å². The van der Waals surface area contributed by atoms with Gasteiger partial charge in [-0.05, 0) is 13.5 Å². The lowest BCUT2D eigenvalue weighted by Crippen LogP contribution is -2.44. The fraction of sp³-hybridized carbons (Fsp3) is 0.538. The summed E-state index contributed by atoms with van der Waals surface area (Å²) in [5.74, 6) is 0. The van der Waals surface area contributed by atoms with Gasteiger partial charge in [-0.3, -0.25) is 4.90 Å². The van der Waals surface area contributed by atoms with E-state index in [1.165, 1.54) is 31.8 Å². The van der Waals surface area contributed by atoms with Gasteiger partial charge < -0.3 is 4.90 Å². The number of piperazine rings is 1. The fourth-order valence-electron chi connectivity index (χ4n) is 2.03. The van der Waals surface area contributed by atoms with Crippen LogP contribution in [0, 0.1) is 0 Å². The lowest BCUT2D eigenvalue weighted by molar-refractivity contribution is 0.163. The van der Waals surface area contributed by atoms with Crippen LogP contribution in [-0.4, -0.2) is 49.6 Å². The van der Waals surface area contributed by atoms with Gasteiger partial charge in [0.2, 0.25) is 0 Å². The highest BCUT2D eigenvalue weighted by atomic mass is 15.2. The van der Waals surface area contributed by atoms with E-state index in [9.17, 15) is 0 Å². The topological polar surface area (TPSA) is 6.48 Å². The van der Waals surface area contributed by atoms with E-state index in [0.717, 1.165) is 13.0 Å². The Labute approximate surface area is 92.6 Å². The summed E-state index contributed by atoms with van der Waals surface area (Å²) in [5.41, 5.74) is 1.53. The number of nitrogens with zero attached hydrogens (tertiary/aromatic N) is 2. The highest BCUT2D eigenvalue weighted by molar-refractivity contribution is 5.24. The number of allylic oxidation sites excluding steroid dienone is 5. The Bertz CT molecular complexity index is 281. The van der Waals surface area contributed by atoms with Crippen molar-refractivity contribution in [3.63, 3.8) is 0 Å². The number of hydrogen-bond acceptors (Lipinski definition) is 2. The second-order valence-electron chi connectivity index (χ2n) is 4.42. The van der Waals surface area contributed by atoms with Gasteiger partial charge in [0.15, 0.2) is 0 Å². The van der Waals surface area contributed by atoms with Gasteiger partial charge in [-0.25, -0.2) is 0 Å². The summed E-state index contributed by atoms with van der Waals surface area (Å²) in [5, 5.41) is 0. The second kappa shape index (κ2) is 5.29. The molecule has 0 bridgehead atoms. The van der Waals surface area contributed by atoms with E-state index < -0.39 is 0 Å². The minimum absolute atomic E-state index is 1.11. The molecule has 1 aliphatic heterocycles. The Hall–Kier alpha value is -0.860. The summed E-state index contributed by atoms with van der Waals surface area (Å²) in [6, 6.07) is 0. The average molecular weight is 204 g/mol. The summed E-state index contributed by atoms with van der Waals surface area (Å²) >= 11 is 0. The molecule has 15 heavy (non-hydrogen) atoms. The van der Waals surface area contributed by atoms with Gasteiger partial charge in [-0.2, -0.15) is 0 Å². The largest absolute Gasteiger partial charge is 0.304 e. The zero-order chi connectivity index (χ0) is 10.5. The van der Waals surface area contributed by atoms with Crippen molar-refractivity contribution in [3.8, 4) is 0 Å². The molecule has 1 fully saturated rings. The van der Waals surface area contributed by atoms with Crippen molar-refractivity contribution >= 4 is 0 Å². The number of rotatable bonds is 2. The first-order valence-electron chi connectivity index (χ1n) is 5.77. The van der Waals surface area contributed by atoms with Crippen LogP contribution in [-0.2, 0) is 0 Å². The van der Waals surface area contributed by atoms with Gasteiger partial charge in [0, 0.05) is 32.7 Å². The maximum atomic E-state index is 2.55. The van der Waals surface area contributed by atoms with Gasteiger partial charge >= 0.3 is 0 Å². The Kier molecular flexibility index (Phi) is 3.75. The molecule has 82 valence electrons. The highest BCUT2D eigenvalue weighted by Gasteiger charge is 2.14. The summed E-state index contributed by atoms with van der Waals surface area (Å²) in [6.07, 6.45) is 12.0. The standard InChI is InChI=1S/C13H20N2/c1-14-8-10-15(11-9-14)12-13-6-4-2-3-5-7-13/h2-6H,7-12H2,1H3. The van der Waals surface area contributed by atoms with Crippen LogP contribution in [0.15, 0.2) is 36.0 Å². The second-order valence-corrected chi connectivity index (χ2v) is 4.42. The monoisotopic (exact) mass is 204 g/mol. The van der Waals surface area contributed by atoms with Gasteiger partial charge in [0.25, 0.3) is 0 Å². The van der Waals surface area contributed by atoms with Crippen LogP contribution in [0.1, 0.15) is 6.42 Å². The molecular weight excluding hydrogens is 184 g/mol. The highest BCUT2D eigenvalue weighted by Crippen LogP contribution is 2.10. The van der Waals surface area contributed by atoms with E-state index in [2.05, 4.69) is 47.2 Å². The smallest absolute Gasteiger partial charge is 0.0200 e. The molecule has 0 saturated carbocycles. The van der Waals surface area contributed by atoms with Crippen molar-refractivity contribution in [2.45, 2.75) is 6.42 Å². The molecular formula is C13H20N2. The molecule has 0 N–H and O–H groups in total. The summed E-state index contributed by atoms with van der Waals surface area (Å²) in [7, 11) is 2.20. The minimum Gasteiger partial charge on any atom is -0.304 e. The van der Waals surface area contributed by atoms with Crippen LogP contribution in [0.4, 0.5) is 0 Å². The third-order valence-corrected chi connectivity index (χ3v) is 3.09. The van der Waals surface area contributed by atoms with Crippen LogP contribution in [0.2, 0.25) is 0 Å². The fourth-order valence-corrected chi connectivity index (χ4v) is 2.03. The molecule has 2 aliphatic rings. The van der Waals surface area contributed by atoms with Crippen LogP contribution < -0.4 is 0 Å². The van der Waals surface area contributed by atoms with Crippen LogP contribution in [0.25, 0.3) is 0 Å². The molecule has 1 saturated heterocycles. The maximum absolute atomic E-state index is 2.55. The molecule has 2 nitrogen and oxygen atoms in total. The van der Waals surface area contributed by atoms with E-state index in [1.54, 1.807) is 0 Å². The van der Waals surface area contributed by atoms with Crippen LogP contribution in [0.3, 0.4) is 0 Å². The molecule has 0 atom stereocenters. The van der Waals surface area contributed by atoms with Crippen molar-refractivity contribution in [1.29, 1.82) is 0 Å². The molecule has 0 unspecified atom stereocenters. The molecule has 2 heteroatoms. The quantitative estimate of drug-likeness (QED) is 0.675. The van der Waals surface area contributed by atoms with E-state index in [1.807, 2.05) is 0 Å². The lowest BCUT2D eigenvalue weighted by Gasteiger charge is -2.32. The van der Waals surface area contributed by atoms with E-state index >= 15 is 0 Å². The third kappa shape index (κ3) is 3.33. The Morgan fingerprint density at radius 3 is 2.67 bits per heavy atom. The SMILES string of the molecule is CN1CCN(CC2=CC=CC=CC2)CC1. The predicted octanol–water partition coefficient (Wildman–Crippen LogP) is 1.68. The van der Waals surface area contributed by atoms with E-state index in [-0.39, 0.29) is 0 Å². The molecule has 0 radical (unpaired) electrons. The molecule has 0 spiro atoms. The van der Waals surface area contributed by atoms with Crippen molar-refractivity contribution in [2.24, 2.45) is 0 Å². The molecule has 1 heterocycles. The lowest BCUT2D eigenvalue weighted by atomic mass is 10.1. The molecule has 0 aromatic rings. The molecule has 0 aromatic carbocycles. The zero-order valence-corrected chi connectivity index (χ0v) is 9.52.